The zero-order valence-corrected chi connectivity index (χ0v) is 16.8. The van der Waals surface area contributed by atoms with Gasteiger partial charge in [0.25, 0.3) is 5.91 Å². The number of benzene rings is 1. The molecule has 0 radical (unpaired) electrons. The number of carbonyl (C=O) groups is 2. The van der Waals surface area contributed by atoms with Gasteiger partial charge < -0.3 is 15.3 Å². The predicted octanol–water partition coefficient (Wildman–Crippen LogP) is 1.58. The van der Waals surface area contributed by atoms with Gasteiger partial charge in [-0.05, 0) is 6.92 Å². The van der Waals surface area contributed by atoms with Crippen molar-refractivity contribution >= 4 is 17.6 Å². The van der Waals surface area contributed by atoms with E-state index >= 15 is 0 Å². The summed E-state index contributed by atoms with van der Waals surface area (Å²) in [5.74, 6) is -4.13. The fraction of sp³-hybridized carbons (Fsp3) is 0.421. The maximum Gasteiger partial charge on any atom is 0.322 e. The molecule has 0 saturated heterocycles. The molecule has 1 unspecified atom stereocenters. The summed E-state index contributed by atoms with van der Waals surface area (Å²) in [7, 11) is 1.42. The molecule has 0 bridgehead atoms. The monoisotopic (exact) mass is 439 g/mol. The largest absolute Gasteiger partial charge is 0.393 e. The summed E-state index contributed by atoms with van der Waals surface area (Å²) in [5.41, 5.74) is 0.374. The normalized spacial score (nSPS) is 18.5. The van der Waals surface area contributed by atoms with E-state index in [0.29, 0.717) is 23.7 Å². The fourth-order valence-corrected chi connectivity index (χ4v) is 3.73. The number of hydroxylamine groups is 2. The lowest BCUT2D eigenvalue weighted by molar-refractivity contribution is -0.159. The molecule has 12 heteroatoms. The van der Waals surface area contributed by atoms with Crippen molar-refractivity contribution in [1.82, 2.24) is 19.7 Å². The molecule has 2 aromatic rings. The number of aromatic nitrogens is 2. The third kappa shape index (κ3) is 3.61. The first-order valence-electron chi connectivity index (χ1n) is 9.55. The van der Waals surface area contributed by atoms with Gasteiger partial charge in [0, 0.05) is 37.2 Å². The Bertz CT molecular complexity index is 1070. The first-order valence-corrected chi connectivity index (χ1v) is 9.55. The van der Waals surface area contributed by atoms with Crippen molar-refractivity contribution in [3.05, 3.63) is 46.0 Å². The lowest BCUT2D eigenvalue weighted by Crippen LogP contribution is -2.40. The molecule has 1 atom stereocenters. The molecule has 3 heterocycles. The Morgan fingerprint density at radius 2 is 2.10 bits per heavy atom. The number of nitrogens with one attached hydrogen (secondary N) is 1. The summed E-state index contributed by atoms with van der Waals surface area (Å²) < 4.78 is 42.9. The van der Waals surface area contributed by atoms with E-state index in [-0.39, 0.29) is 31.9 Å². The molecule has 3 amide bonds. The first-order chi connectivity index (χ1) is 14.7. The Balaban J connectivity index is 1.59. The van der Waals surface area contributed by atoms with Crippen LogP contribution in [0.25, 0.3) is 0 Å². The van der Waals surface area contributed by atoms with Crippen LogP contribution in [0.15, 0.2) is 6.07 Å². The molecule has 166 valence electrons. The van der Waals surface area contributed by atoms with E-state index in [0.717, 1.165) is 12.0 Å². The van der Waals surface area contributed by atoms with E-state index in [9.17, 15) is 27.9 Å². The summed E-state index contributed by atoms with van der Waals surface area (Å²) in [6.45, 7) is 1.14. The van der Waals surface area contributed by atoms with Gasteiger partial charge >= 0.3 is 6.03 Å². The van der Waals surface area contributed by atoms with Gasteiger partial charge in [-0.1, -0.05) is 0 Å². The molecule has 2 N–H and O–H groups in total. The Labute approximate surface area is 174 Å². The number of halogens is 3. The van der Waals surface area contributed by atoms with Gasteiger partial charge in [0.1, 0.15) is 11.8 Å². The number of anilines is 1. The first kappa shape index (κ1) is 21.1. The molecule has 31 heavy (non-hydrogen) atoms. The molecule has 0 fully saturated rings. The van der Waals surface area contributed by atoms with Gasteiger partial charge in [0.05, 0.1) is 31.1 Å². The molecule has 1 aromatic carbocycles. The quantitative estimate of drug-likeness (QED) is 0.693. The second kappa shape index (κ2) is 7.85. The standard InChI is InChI=1S/C19H20F3N5O4/c1-9-15(21)12(20)5-14(16(9)22)23-19(30)26-4-3-13-11(7-26)17-18(29)25(2)31-10(8-28)6-27(17)24-13/h5,10,28H,3-4,6-8H2,1-2H3,(H,23,30). The van der Waals surface area contributed by atoms with Crippen molar-refractivity contribution < 1.29 is 32.7 Å². The number of rotatable bonds is 2. The average molecular weight is 439 g/mol. The zero-order chi connectivity index (χ0) is 22.4. The molecular formula is C19H20F3N5O4. The smallest absolute Gasteiger partial charge is 0.322 e. The molecular weight excluding hydrogens is 419 g/mol. The highest BCUT2D eigenvalue weighted by Crippen LogP contribution is 2.28. The molecule has 2 aliphatic heterocycles. The second-order valence-electron chi connectivity index (χ2n) is 7.43. The SMILES string of the molecule is Cc1c(F)c(F)cc(NC(=O)N2CCc3nn4c(c3C2)C(=O)N(C)OC(CO)C4)c1F. The van der Waals surface area contributed by atoms with E-state index < -0.39 is 46.7 Å². The lowest BCUT2D eigenvalue weighted by Gasteiger charge is -2.27. The van der Waals surface area contributed by atoms with Gasteiger partial charge in [-0.2, -0.15) is 5.10 Å². The summed E-state index contributed by atoms with van der Waals surface area (Å²) in [4.78, 5) is 32.2. The second-order valence-corrected chi connectivity index (χ2v) is 7.43. The number of fused-ring (bicyclic) bond motifs is 3. The third-order valence-corrected chi connectivity index (χ3v) is 5.38. The number of amides is 3. The highest BCUT2D eigenvalue weighted by atomic mass is 19.2. The number of hydrogen-bond acceptors (Lipinski definition) is 5. The van der Waals surface area contributed by atoms with E-state index in [1.54, 1.807) is 0 Å². The topological polar surface area (TPSA) is 99.9 Å². The summed E-state index contributed by atoms with van der Waals surface area (Å²) >= 11 is 0. The molecule has 9 nitrogen and oxygen atoms in total. The Morgan fingerprint density at radius 1 is 1.35 bits per heavy atom. The van der Waals surface area contributed by atoms with Crippen LogP contribution >= 0.6 is 0 Å². The maximum atomic E-state index is 14.3. The minimum absolute atomic E-state index is 0.00412. The summed E-state index contributed by atoms with van der Waals surface area (Å²) in [6.07, 6.45) is -0.320. The minimum Gasteiger partial charge on any atom is -0.393 e. The van der Waals surface area contributed by atoms with Crippen LogP contribution in [0.5, 0.6) is 0 Å². The van der Waals surface area contributed by atoms with Crippen molar-refractivity contribution in [3.63, 3.8) is 0 Å². The molecule has 1 aromatic heterocycles. The third-order valence-electron chi connectivity index (χ3n) is 5.38. The Kier molecular flexibility index (Phi) is 5.35. The van der Waals surface area contributed by atoms with Gasteiger partial charge in [0.15, 0.2) is 17.5 Å². The Morgan fingerprint density at radius 3 is 2.81 bits per heavy atom. The van der Waals surface area contributed by atoms with Crippen molar-refractivity contribution in [3.8, 4) is 0 Å². The molecule has 0 spiro atoms. The van der Waals surface area contributed by atoms with Crippen molar-refractivity contribution in [1.29, 1.82) is 0 Å². The highest BCUT2D eigenvalue weighted by Gasteiger charge is 2.35. The van der Waals surface area contributed by atoms with Gasteiger partial charge in [-0.3, -0.25) is 14.3 Å². The van der Waals surface area contributed by atoms with Crippen LogP contribution in [-0.2, 0) is 24.3 Å². The fourth-order valence-electron chi connectivity index (χ4n) is 3.73. The van der Waals surface area contributed by atoms with E-state index in [2.05, 4.69) is 10.4 Å². The average Bonchev–Trinajstić information content (AvgIpc) is 3.05. The van der Waals surface area contributed by atoms with Crippen molar-refractivity contribution in [2.75, 3.05) is 25.5 Å². The summed E-state index contributed by atoms with van der Waals surface area (Å²) in [5, 5.41) is 17.1. The van der Waals surface area contributed by atoms with Crippen LogP contribution in [0.2, 0.25) is 0 Å². The Hall–Kier alpha value is -3.12. The molecule has 2 aliphatic rings. The van der Waals surface area contributed by atoms with Crippen LogP contribution in [0.3, 0.4) is 0 Å². The van der Waals surface area contributed by atoms with Crippen LogP contribution in [-0.4, -0.2) is 63.1 Å². The van der Waals surface area contributed by atoms with Crippen molar-refractivity contribution in [2.45, 2.75) is 32.5 Å². The van der Waals surface area contributed by atoms with E-state index in [4.69, 9.17) is 4.84 Å². The maximum absolute atomic E-state index is 14.3. The van der Waals surface area contributed by atoms with Crippen LogP contribution < -0.4 is 5.32 Å². The number of carbonyl (C=O) groups excluding carboxylic acids is 2. The van der Waals surface area contributed by atoms with Gasteiger partial charge in [-0.25, -0.2) is 23.0 Å². The molecule has 4 rings (SSSR count). The predicted molar refractivity (Wildman–Crippen MR) is 100 cm³/mol. The number of nitrogens with zero attached hydrogens (tertiary/aromatic N) is 4. The van der Waals surface area contributed by atoms with Crippen LogP contribution in [0, 0.1) is 24.4 Å². The molecule has 0 saturated carbocycles. The highest BCUT2D eigenvalue weighted by molar-refractivity contribution is 5.94. The van der Waals surface area contributed by atoms with Crippen molar-refractivity contribution in [2.24, 2.45) is 0 Å². The van der Waals surface area contributed by atoms with Crippen LogP contribution in [0.1, 0.15) is 27.3 Å². The van der Waals surface area contributed by atoms with Gasteiger partial charge in [-0.15, -0.1) is 0 Å². The number of aliphatic hydroxyl groups is 1. The van der Waals surface area contributed by atoms with E-state index in [1.165, 1.54) is 16.6 Å². The lowest BCUT2D eigenvalue weighted by atomic mass is 10.1. The molecule has 0 aliphatic carbocycles. The minimum atomic E-state index is -1.31. The number of aliphatic hydroxyl groups excluding tert-OH is 1. The van der Waals surface area contributed by atoms with E-state index in [1.807, 2.05) is 0 Å². The van der Waals surface area contributed by atoms with Crippen LogP contribution in [0.4, 0.5) is 23.7 Å². The zero-order valence-electron chi connectivity index (χ0n) is 16.8. The number of urea groups is 1. The summed E-state index contributed by atoms with van der Waals surface area (Å²) in [6, 6.07) is -0.143. The number of hydrogen-bond donors (Lipinski definition) is 2. The van der Waals surface area contributed by atoms with Gasteiger partial charge in [0.2, 0.25) is 0 Å².